The molecule has 11 atom stereocenters. The molecule has 3 aliphatic carbocycles. The van der Waals surface area contributed by atoms with E-state index in [1.54, 1.807) is 6.20 Å². The van der Waals surface area contributed by atoms with Gasteiger partial charge in [-0.15, -0.1) is 0 Å². The van der Waals surface area contributed by atoms with E-state index in [1.165, 1.54) is 0 Å². The Bertz CT molecular complexity index is 1430. The summed E-state index contributed by atoms with van der Waals surface area (Å²) in [6, 6.07) is 8.03. The average Bonchev–Trinajstić information content (AvgIpc) is 3.54. The number of fused-ring (bicyclic) bond motifs is 2. The van der Waals surface area contributed by atoms with Crippen molar-refractivity contribution in [2.24, 2.45) is 11.3 Å². The third kappa shape index (κ3) is 3.24. The number of ether oxygens (including phenoxy) is 1. The average molecular weight is 547 g/mol. The third-order valence-corrected chi connectivity index (χ3v) is 11.7. The van der Waals surface area contributed by atoms with Crippen LogP contribution >= 0.6 is 0 Å². The molecule has 2 spiro atoms. The largest absolute Gasteiger partial charge is 0.392 e. The van der Waals surface area contributed by atoms with Gasteiger partial charge < -0.3 is 30.3 Å². The minimum atomic E-state index is -1.08. The third-order valence-electron chi connectivity index (χ3n) is 11.7. The summed E-state index contributed by atoms with van der Waals surface area (Å²) in [5.74, 6) is 0.0542. The zero-order valence-electron chi connectivity index (χ0n) is 22.7. The van der Waals surface area contributed by atoms with Gasteiger partial charge in [0.1, 0.15) is 6.10 Å². The topological polar surface area (TPSA) is 127 Å². The number of hydrogen-bond acceptors (Lipinski definition) is 8. The van der Waals surface area contributed by atoms with E-state index in [0.717, 1.165) is 46.7 Å². The Hall–Kier alpha value is -2.17. The van der Waals surface area contributed by atoms with Crippen LogP contribution in [0.2, 0.25) is 0 Å². The lowest BCUT2D eigenvalue weighted by atomic mass is 9.58. The molecule has 8 rings (SSSR count). The van der Waals surface area contributed by atoms with Gasteiger partial charge >= 0.3 is 0 Å². The molecule has 3 aliphatic heterocycles. The number of aliphatic hydroxyl groups excluding tert-OH is 5. The Morgan fingerprint density at radius 2 is 1.77 bits per heavy atom. The molecule has 2 bridgehead atoms. The molecule has 1 aromatic heterocycles. The van der Waals surface area contributed by atoms with Crippen molar-refractivity contribution in [2.75, 3.05) is 13.1 Å². The first-order valence-corrected chi connectivity index (χ1v) is 14.8. The summed E-state index contributed by atoms with van der Waals surface area (Å²) in [5, 5.41) is 56.8. The standard InChI is InChI=1S/C32H38N2O6/c1-30-6-4-20-11-21-28(38)29(39)22(34-15-24(36)25(37)16-34)13-31(21)7-8-32(20,40-31)26(30)12-23(35)27(30)18-3-2-17-5-9-33-14-19(17)10-18/h2-5,9-11,14,22-29,35-39H,6-8,12-13,15-16H2,1H3/t22-,23+,24-,25-,26+,27-,28-,29-,30-,31+,32?/m0/s1. The van der Waals surface area contributed by atoms with E-state index in [1.807, 2.05) is 17.2 Å². The fraction of sp³-hybridized carbons (Fsp3) is 0.594. The number of pyridine rings is 1. The van der Waals surface area contributed by atoms with Gasteiger partial charge in [-0.2, -0.15) is 0 Å². The number of likely N-dealkylation sites (tertiary alicyclic amines) is 1. The van der Waals surface area contributed by atoms with Crippen LogP contribution in [0.4, 0.5) is 0 Å². The molecule has 0 radical (unpaired) electrons. The van der Waals surface area contributed by atoms with Gasteiger partial charge in [0.05, 0.1) is 35.6 Å². The molecule has 8 nitrogen and oxygen atoms in total. The Balaban J connectivity index is 1.17. The van der Waals surface area contributed by atoms with E-state index < -0.39 is 47.8 Å². The molecule has 4 fully saturated rings. The highest BCUT2D eigenvalue weighted by atomic mass is 16.5. The van der Waals surface area contributed by atoms with Crippen LogP contribution in [0.1, 0.15) is 50.5 Å². The molecule has 40 heavy (non-hydrogen) atoms. The molecule has 2 saturated heterocycles. The van der Waals surface area contributed by atoms with Crippen molar-refractivity contribution in [3.8, 4) is 0 Å². The molecule has 5 N–H and O–H groups in total. The fourth-order valence-electron chi connectivity index (χ4n) is 9.75. The van der Waals surface area contributed by atoms with Crippen LogP contribution < -0.4 is 0 Å². The molecule has 212 valence electrons. The summed E-state index contributed by atoms with van der Waals surface area (Å²) in [4.78, 5) is 6.21. The van der Waals surface area contributed by atoms with Crippen LogP contribution in [0.15, 0.2) is 60.0 Å². The first-order chi connectivity index (χ1) is 19.2. The first-order valence-electron chi connectivity index (χ1n) is 14.8. The number of β-amino-alcohol motifs (C(OH)–C–C–N with tert-alkyl or cyclic N) is 2. The highest BCUT2D eigenvalue weighted by Crippen LogP contribution is 2.69. The number of allylic oxidation sites excluding steroid dienone is 1. The maximum absolute atomic E-state index is 11.6. The summed E-state index contributed by atoms with van der Waals surface area (Å²) < 4.78 is 7.24. The maximum atomic E-state index is 11.6. The van der Waals surface area contributed by atoms with Crippen molar-refractivity contribution in [2.45, 2.75) is 92.7 Å². The van der Waals surface area contributed by atoms with Crippen molar-refractivity contribution in [3.63, 3.8) is 0 Å². The van der Waals surface area contributed by atoms with Crippen LogP contribution in [0.5, 0.6) is 0 Å². The van der Waals surface area contributed by atoms with E-state index in [4.69, 9.17) is 4.74 Å². The molecule has 1 unspecified atom stereocenters. The second-order valence-electron chi connectivity index (χ2n) is 13.6. The van der Waals surface area contributed by atoms with Crippen molar-refractivity contribution in [3.05, 3.63) is 65.5 Å². The summed E-state index contributed by atoms with van der Waals surface area (Å²) >= 11 is 0. The minimum Gasteiger partial charge on any atom is -0.392 e. The summed E-state index contributed by atoms with van der Waals surface area (Å²) in [6.07, 6.45) is 7.15. The highest BCUT2D eigenvalue weighted by Gasteiger charge is 2.69. The van der Waals surface area contributed by atoms with Crippen LogP contribution in [0.25, 0.3) is 10.8 Å². The lowest BCUT2D eigenvalue weighted by Crippen LogP contribution is -2.62. The zero-order chi connectivity index (χ0) is 27.6. The molecule has 8 heteroatoms. The Labute approximate surface area is 233 Å². The summed E-state index contributed by atoms with van der Waals surface area (Å²) in [7, 11) is 0. The number of hydrogen-bond donors (Lipinski definition) is 5. The number of benzene rings is 1. The fourth-order valence-corrected chi connectivity index (χ4v) is 9.75. The van der Waals surface area contributed by atoms with Gasteiger partial charge in [-0.3, -0.25) is 9.88 Å². The van der Waals surface area contributed by atoms with Crippen molar-refractivity contribution in [1.29, 1.82) is 0 Å². The van der Waals surface area contributed by atoms with Crippen LogP contribution in [-0.2, 0) is 4.74 Å². The van der Waals surface area contributed by atoms with Gasteiger partial charge in [-0.05, 0) is 71.7 Å². The van der Waals surface area contributed by atoms with Gasteiger partial charge in [-0.25, -0.2) is 0 Å². The second kappa shape index (κ2) is 8.44. The van der Waals surface area contributed by atoms with Gasteiger partial charge in [-0.1, -0.05) is 31.2 Å². The minimum absolute atomic E-state index is 0.0427. The van der Waals surface area contributed by atoms with Gasteiger partial charge in [0.2, 0.25) is 0 Å². The van der Waals surface area contributed by atoms with Crippen LogP contribution in [0.3, 0.4) is 0 Å². The van der Waals surface area contributed by atoms with E-state index in [2.05, 4.69) is 42.3 Å². The predicted octanol–water partition coefficient (Wildman–Crippen LogP) is 1.80. The van der Waals surface area contributed by atoms with Crippen LogP contribution in [-0.4, -0.2) is 96.3 Å². The molecule has 0 amide bonds. The molecular weight excluding hydrogens is 508 g/mol. The Morgan fingerprint density at radius 3 is 2.58 bits per heavy atom. The van der Waals surface area contributed by atoms with Crippen molar-refractivity contribution < 1.29 is 30.3 Å². The van der Waals surface area contributed by atoms with Crippen molar-refractivity contribution in [1.82, 2.24) is 9.88 Å². The van der Waals surface area contributed by atoms with Crippen molar-refractivity contribution >= 4 is 10.8 Å². The second-order valence-corrected chi connectivity index (χ2v) is 13.6. The zero-order valence-corrected chi connectivity index (χ0v) is 22.7. The molecule has 4 heterocycles. The molecule has 1 aromatic carbocycles. The van der Waals surface area contributed by atoms with E-state index >= 15 is 0 Å². The van der Waals surface area contributed by atoms with Crippen LogP contribution in [0, 0.1) is 11.3 Å². The smallest absolute Gasteiger partial charge is 0.105 e. The predicted molar refractivity (Wildman–Crippen MR) is 147 cm³/mol. The summed E-state index contributed by atoms with van der Waals surface area (Å²) in [6.45, 7) is 2.82. The number of aliphatic hydroxyl groups is 5. The lowest BCUT2D eigenvalue weighted by Gasteiger charge is -2.56. The molecule has 2 saturated carbocycles. The molecular formula is C32H38N2O6. The van der Waals surface area contributed by atoms with Gasteiger partial charge in [0.15, 0.2) is 0 Å². The van der Waals surface area contributed by atoms with Gasteiger partial charge in [0.25, 0.3) is 0 Å². The Morgan fingerprint density at radius 1 is 0.975 bits per heavy atom. The van der Waals surface area contributed by atoms with E-state index in [-0.39, 0.29) is 30.3 Å². The molecule has 6 aliphatic rings. The number of rotatable bonds is 2. The van der Waals surface area contributed by atoms with E-state index in [9.17, 15) is 25.5 Å². The lowest BCUT2D eigenvalue weighted by molar-refractivity contribution is -0.167. The quantitative estimate of drug-likeness (QED) is 0.386. The monoisotopic (exact) mass is 546 g/mol. The van der Waals surface area contributed by atoms with E-state index in [0.29, 0.717) is 12.8 Å². The number of aromatic nitrogens is 1. The molecule has 2 aromatic rings. The van der Waals surface area contributed by atoms with Gasteiger partial charge in [0, 0.05) is 48.7 Å². The summed E-state index contributed by atoms with van der Waals surface area (Å²) in [5.41, 5.74) is 1.47. The maximum Gasteiger partial charge on any atom is 0.105 e. The Kier molecular flexibility index (Phi) is 5.39. The highest BCUT2D eigenvalue weighted by molar-refractivity contribution is 5.82. The SMILES string of the molecule is C[C@]12CC=C3C=C4[C@H](O)[C@@H](O)[C@@H](N5C[C@H](O)[C@@H](O)C5)C[C@]45CCC3(O5)[C@@H]1C[C@@H](O)[C@@H]2c1ccc2ccncc2c1. The number of nitrogens with zero attached hydrogens (tertiary/aromatic N) is 2. The normalized spacial score (nSPS) is 48.0. The first kappa shape index (κ1) is 25.5.